The molecule has 0 aliphatic carbocycles. The summed E-state index contributed by atoms with van der Waals surface area (Å²) in [5, 5.41) is 10.5. The van der Waals surface area contributed by atoms with E-state index in [1.165, 1.54) is 6.20 Å². The smallest absolute Gasteiger partial charge is 0.255 e. The molecule has 1 unspecified atom stereocenters. The van der Waals surface area contributed by atoms with E-state index >= 15 is 0 Å². The minimum Gasteiger partial charge on any atom is -0.398 e. The first-order chi connectivity index (χ1) is 8.99. The summed E-state index contributed by atoms with van der Waals surface area (Å²) in [6.45, 7) is 3.65. The fourth-order valence-electron chi connectivity index (χ4n) is 1.79. The lowest BCUT2D eigenvalue weighted by molar-refractivity contribution is 0.0938. The van der Waals surface area contributed by atoms with E-state index in [2.05, 4.69) is 20.5 Å². The van der Waals surface area contributed by atoms with Gasteiger partial charge in [-0.15, -0.1) is 10.2 Å². The highest BCUT2D eigenvalue weighted by Gasteiger charge is 2.17. The van der Waals surface area contributed by atoms with E-state index in [1.54, 1.807) is 17.0 Å². The molecule has 0 saturated carbocycles. The van der Waals surface area contributed by atoms with Crippen LogP contribution in [0.15, 0.2) is 18.6 Å². The van der Waals surface area contributed by atoms with Gasteiger partial charge in [0.05, 0.1) is 11.6 Å². The number of nitrogens with zero attached hydrogens (tertiary/aromatic N) is 4. The number of hydrogen-bond donors (Lipinski definition) is 2. The van der Waals surface area contributed by atoms with Crippen LogP contribution in [0.5, 0.6) is 0 Å². The van der Waals surface area contributed by atoms with Gasteiger partial charge in [-0.3, -0.25) is 9.78 Å². The van der Waals surface area contributed by atoms with E-state index in [1.807, 2.05) is 20.9 Å². The number of amides is 1. The van der Waals surface area contributed by atoms with Crippen molar-refractivity contribution >= 4 is 11.6 Å². The molecule has 0 bridgehead atoms. The number of anilines is 1. The number of nitrogen functional groups attached to an aromatic ring is 1. The molecule has 0 aliphatic heterocycles. The Morgan fingerprint density at radius 1 is 1.53 bits per heavy atom. The first-order valence-electron chi connectivity index (χ1n) is 5.86. The average Bonchev–Trinajstić information content (AvgIpc) is 2.75. The first kappa shape index (κ1) is 13.0. The predicted molar refractivity (Wildman–Crippen MR) is 70.3 cm³/mol. The number of pyridine rings is 1. The molecule has 2 aromatic rings. The van der Waals surface area contributed by atoms with Gasteiger partial charge in [0.2, 0.25) is 0 Å². The van der Waals surface area contributed by atoms with Crippen LogP contribution in [0.25, 0.3) is 0 Å². The predicted octanol–water partition coefficient (Wildman–Crippen LogP) is 0.592. The van der Waals surface area contributed by atoms with Gasteiger partial charge in [0.1, 0.15) is 6.33 Å². The minimum atomic E-state index is -0.277. The summed E-state index contributed by atoms with van der Waals surface area (Å²) < 4.78 is 1.75. The lowest BCUT2D eigenvalue weighted by atomic mass is 10.2. The number of rotatable bonds is 3. The van der Waals surface area contributed by atoms with Crippen molar-refractivity contribution in [3.8, 4) is 0 Å². The molecule has 0 aromatic carbocycles. The summed E-state index contributed by atoms with van der Waals surface area (Å²) in [6.07, 6.45) is 3.06. The monoisotopic (exact) mass is 260 g/mol. The maximum Gasteiger partial charge on any atom is 0.255 e. The number of carbonyl (C=O) groups is 1. The molecule has 100 valence electrons. The highest BCUT2D eigenvalue weighted by Crippen LogP contribution is 2.14. The van der Waals surface area contributed by atoms with E-state index in [9.17, 15) is 4.79 Å². The molecule has 0 radical (unpaired) electrons. The summed E-state index contributed by atoms with van der Waals surface area (Å²) in [4.78, 5) is 16.2. The van der Waals surface area contributed by atoms with Gasteiger partial charge in [-0.1, -0.05) is 0 Å². The number of aromatic nitrogens is 4. The Kier molecular flexibility index (Phi) is 3.46. The molecular weight excluding hydrogens is 244 g/mol. The fraction of sp³-hybridized carbons (Fsp3) is 0.333. The molecule has 2 heterocycles. The Morgan fingerprint density at radius 2 is 2.26 bits per heavy atom. The van der Waals surface area contributed by atoms with Gasteiger partial charge in [-0.25, -0.2) is 0 Å². The fourth-order valence-corrected chi connectivity index (χ4v) is 1.79. The number of nitrogens with one attached hydrogen (secondary N) is 1. The summed E-state index contributed by atoms with van der Waals surface area (Å²) in [5.41, 5.74) is 7.36. The Balaban J connectivity index is 2.15. The molecular formula is C12H16N6O. The molecule has 0 spiro atoms. The maximum atomic E-state index is 12.1. The number of nitrogens with two attached hydrogens (primary N) is 1. The summed E-state index contributed by atoms with van der Waals surface area (Å²) in [7, 11) is 1.82. The number of carbonyl (C=O) groups excluding carboxylic acids is 1. The normalized spacial score (nSPS) is 12.2. The molecule has 0 saturated heterocycles. The largest absolute Gasteiger partial charge is 0.398 e. The highest BCUT2D eigenvalue weighted by atomic mass is 16.1. The molecule has 7 nitrogen and oxygen atoms in total. The van der Waals surface area contributed by atoms with Crippen LogP contribution in [0.4, 0.5) is 5.69 Å². The van der Waals surface area contributed by atoms with Crippen LogP contribution in [0.2, 0.25) is 0 Å². The highest BCUT2D eigenvalue weighted by molar-refractivity contribution is 5.98. The number of aryl methyl sites for hydroxylation is 2. The second-order valence-electron chi connectivity index (χ2n) is 4.41. The lowest BCUT2D eigenvalue weighted by Gasteiger charge is -2.13. The van der Waals surface area contributed by atoms with E-state index < -0.39 is 0 Å². The van der Waals surface area contributed by atoms with E-state index in [0.717, 1.165) is 5.69 Å². The van der Waals surface area contributed by atoms with Gasteiger partial charge in [-0.05, 0) is 19.9 Å². The van der Waals surface area contributed by atoms with E-state index in [-0.39, 0.29) is 11.9 Å². The molecule has 1 atom stereocenters. The summed E-state index contributed by atoms with van der Waals surface area (Å²) in [5.74, 6) is 0.396. The van der Waals surface area contributed by atoms with Gasteiger partial charge in [0.15, 0.2) is 5.82 Å². The number of hydrogen-bond acceptors (Lipinski definition) is 5. The van der Waals surface area contributed by atoms with Crippen molar-refractivity contribution in [3.63, 3.8) is 0 Å². The van der Waals surface area contributed by atoms with Crippen molar-refractivity contribution in [1.29, 1.82) is 0 Å². The molecule has 2 aromatic heterocycles. The standard InChI is InChI=1S/C12H16N6O/c1-7-4-10(13)9(5-14-7)12(19)16-8(2)11-17-15-6-18(11)3/h4-6,8H,1-3H3,(H2,13,14)(H,16,19). The average molecular weight is 260 g/mol. The van der Waals surface area contributed by atoms with Crippen LogP contribution in [-0.4, -0.2) is 25.7 Å². The molecule has 0 fully saturated rings. The Bertz CT molecular complexity index is 606. The van der Waals surface area contributed by atoms with Crippen molar-refractivity contribution in [1.82, 2.24) is 25.1 Å². The Morgan fingerprint density at radius 3 is 2.84 bits per heavy atom. The zero-order chi connectivity index (χ0) is 14.0. The SMILES string of the molecule is Cc1cc(N)c(C(=O)NC(C)c2nncn2C)cn1. The second kappa shape index (κ2) is 5.05. The van der Waals surface area contributed by atoms with Gasteiger partial charge in [0, 0.05) is 24.6 Å². The summed E-state index contributed by atoms with van der Waals surface area (Å²) >= 11 is 0. The van der Waals surface area contributed by atoms with Crippen LogP contribution < -0.4 is 11.1 Å². The molecule has 1 amide bonds. The third-order valence-corrected chi connectivity index (χ3v) is 2.80. The second-order valence-corrected chi connectivity index (χ2v) is 4.41. The van der Waals surface area contributed by atoms with Gasteiger partial charge in [-0.2, -0.15) is 0 Å². The minimum absolute atomic E-state index is 0.263. The molecule has 19 heavy (non-hydrogen) atoms. The Hall–Kier alpha value is -2.44. The van der Waals surface area contributed by atoms with Crippen LogP contribution in [-0.2, 0) is 7.05 Å². The lowest BCUT2D eigenvalue weighted by Crippen LogP contribution is -2.29. The Labute approximate surface area is 110 Å². The molecule has 2 rings (SSSR count). The third kappa shape index (κ3) is 2.70. The van der Waals surface area contributed by atoms with Crippen molar-refractivity contribution in [2.75, 3.05) is 5.73 Å². The van der Waals surface area contributed by atoms with Gasteiger partial charge < -0.3 is 15.6 Å². The molecule has 0 aliphatic rings. The van der Waals surface area contributed by atoms with Crippen molar-refractivity contribution < 1.29 is 4.79 Å². The van der Waals surface area contributed by atoms with E-state index in [0.29, 0.717) is 17.1 Å². The van der Waals surface area contributed by atoms with Crippen molar-refractivity contribution in [2.45, 2.75) is 19.9 Å². The van der Waals surface area contributed by atoms with Crippen LogP contribution in [0.3, 0.4) is 0 Å². The first-order valence-corrected chi connectivity index (χ1v) is 5.86. The van der Waals surface area contributed by atoms with Crippen LogP contribution in [0.1, 0.15) is 34.8 Å². The zero-order valence-electron chi connectivity index (χ0n) is 11.1. The quantitative estimate of drug-likeness (QED) is 0.841. The van der Waals surface area contributed by atoms with Gasteiger partial charge >= 0.3 is 0 Å². The van der Waals surface area contributed by atoms with Gasteiger partial charge in [0.25, 0.3) is 5.91 Å². The maximum absolute atomic E-state index is 12.1. The summed E-state index contributed by atoms with van der Waals surface area (Å²) in [6, 6.07) is 1.41. The third-order valence-electron chi connectivity index (χ3n) is 2.80. The topological polar surface area (TPSA) is 98.7 Å². The molecule has 3 N–H and O–H groups in total. The van der Waals surface area contributed by atoms with Crippen LogP contribution >= 0.6 is 0 Å². The van der Waals surface area contributed by atoms with Crippen molar-refractivity contribution in [3.05, 3.63) is 35.7 Å². The zero-order valence-corrected chi connectivity index (χ0v) is 11.1. The van der Waals surface area contributed by atoms with Crippen molar-refractivity contribution in [2.24, 2.45) is 7.05 Å². The van der Waals surface area contributed by atoms with Crippen LogP contribution in [0, 0.1) is 6.92 Å². The van der Waals surface area contributed by atoms with E-state index in [4.69, 9.17) is 5.73 Å². The molecule has 7 heteroatoms.